The van der Waals surface area contributed by atoms with Crippen molar-refractivity contribution in [2.45, 2.75) is 89.5 Å². The molecule has 202 valence electrons. The van der Waals surface area contributed by atoms with Gasteiger partial charge in [-0.05, 0) is 76.6 Å². The number of aromatic nitrogens is 1. The van der Waals surface area contributed by atoms with Gasteiger partial charge in [-0.3, -0.25) is 14.5 Å². The molecule has 2 unspecified atom stereocenters. The Labute approximate surface area is 225 Å². The summed E-state index contributed by atoms with van der Waals surface area (Å²) in [6, 6.07) is 9.39. The molecule has 38 heavy (non-hydrogen) atoms. The first-order chi connectivity index (χ1) is 18.4. The van der Waals surface area contributed by atoms with E-state index in [1.165, 1.54) is 5.56 Å². The van der Waals surface area contributed by atoms with Crippen LogP contribution < -0.4 is 20.3 Å². The molecule has 0 saturated carbocycles. The van der Waals surface area contributed by atoms with E-state index in [-0.39, 0.29) is 23.9 Å². The van der Waals surface area contributed by atoms with E-state index < -0.39 is 0 Å². The van der Waals surface area contributed by atoms with Crippen molar-refractivity contribution in [3.8, 4) is 5.75 Å². The molecule has 1 aromatic heterocycles. The number of piperidine rings is 1. The minimum Gasteiger partial charge on any atom is -0.493 e. The van der Waals surface area contributed by atoms with Crippen molar-refractivity contribution in [1.29, 1.82) is 0 Å². The lowest BCUT2D eigenvalue weighted by molar-refractivity contribution is 0.0921. The number of hydrogen-bond donors (Lipinski definition) is 2. The summed E-state index contributed by atoms with van der Waals surface area (Å²) in [5, 5.41) is 6.49. The van der Waals surface area contributed by atoms with Crippen molar-refractivity contribution < 1.29 is 14.3 Å². The Hall–Kier alpha value is -3.13. The Morgan fingerprint density at radius 3 is 2.45 bits per heavy atom. The van der Waals surface area contributed by atoms with Gasteiger partial charge in [0.1, 0.15) is 11.6 Å². The molecule has 3 saturated heterocycles. The van der Waals surface area contributed by atoms with Gasteiger partial charge in [-0.15, -0.1) is 0 Å². The van der Waals surface area contributed by atoms with Crippen LogP contribution in [-0.4, -0.2) is 71.6 Å². The molecule has 2 bridgehead atoms. The number of nitrogens with one attached hydrogen (secondary N) is 2. The van der Waals surface area contributed by atoms with Crippen LogP contribution in [0.15, 0.2) is 30.5 Å². The minimum atomic E-state index is -0.0451. The number of benzene rings is 1. The van der Waals surface area contributed by atoms with Crippen molar-refractivity contribution in [1.82, 2.24) is 20.5 Å². The van der Waals surface area contributed by atoms with Gasteiger partial charge in [0.2, 0.25) is 0 Å². The van der Waals surface area contributed by atoms with Gasteiger partial charge in [-0.1, -0.05) is 6.07 Å². The molecule has 6 rings (SSSR count). The number of amides is 2. The molecule has 2 N–H and O–H groups in total. The summed E-state index contributed by atoms with van der Waals surface area (Å²) in [5.74, 6) is 1.76. The summed E-state index contributed by atoms with van der Waals surface area (Å²) in [6.07, 6.45) is 7.62. The van der Waals surface area contributed by atoms with Crippen molar-refractivity contribution in [2.24, 2.45) is 0 Å². The molecule has 8 nitrogen and oxygen atoms in total. The molecule has 0 spiro atoms. The first-order valence-corrected chi connectivity index (χ1v) is 14.2. The van der Waals surface area contributed by atoms with Crippen LogP contribution >= 0.6 is 0 Å². The molecule has 3 fully saturated rings. The predicted octanol–water partition coefficient (Wildman–Crippen LogP) is 3.47. The molecule has 4 aliphatic rings. The molecule has 0 aliphatic carbocycles. The number of fused-ring (bicyclic) bond motifs is 3. The van der Waals surface area contributed by atoms with Gasteiger partial charge in [0, 0.05) is 67.0 Å². The standard InChI is InChI=1S/C30H39N5O3/c1-18(2)34-12-10-22(17-34)32-29(36)21-5-9-27(31-16-21)35-24-6-7-25(35)15-23(14-24)33-30(37)26-8-4-20-11-13-38-28(20)19(26)3/h4-5,8-9,16,18,22-25H,6-7,10-15,17H2,1-3H3,(H,32,36)(H,33,37)/t22-,23?,24?,25?/m1/s1. The third-order valence-corrected chi connectivity index (χ3v) is 8.98. The summed E-state index contributed by atoms with van der Waals surface area (Å²) in [6.45, 7) is 9.00. The van der Waals surface area contributed by atoms with Crippen LogP contribution in [0.4, 0.5) is 5.82 Å². The fourth-order valence-corrected chi connectivity index (χ4v) is 6.90. The van der Waals surface area contributed by atoms with Crippen molar-refractivity contribution in [2.75, 3.05) is 24.6 Å². The third kappa shape index (κ3) is 4.75. The maximum Gasteiger partial charge on any atom is 0.253 e. The van der Waals surface area contributed by atoms with Gasteiger partial charge in [0.15, 0.2) is 0 Å². The van der Waals surface area contributed by atoms with E-state index in [2.05, 4.69) is 34.3 Å². The Kier molecular flexibility index (Phi) is 6.76. The number of pyridine rings is 1. The van der Waals surface area contributed by atoms with Crippen LogP contribution in [0.5, 0.6) is 5.75 Å². The van der Waals surface area contributed by atoms with E-state index in [1.54, 1.807) is 6.20 Å². The molecule has 0 radical (unpaired) electrons. The Morgan fingerprint density at radius 1 is 1.00 bits per heavy atom. The second kappa shape index (κ2) is 10.2. The fourth-order valence-electron chi connectivity index (χ4n) is 6.90. The topological polar surface area (TPSA) is 86.8 Å². The molecule has 8 heteroatoms. The van der Waals surface area contributed by atoms with E-state index in [1.807, 2.05) is 31.2 Å². The highest BCUT2D eigenvalue weighted by Gasteiger charge is 2.42. The molecule has 5 heterocycles. The third-order valence-electron chi connectivity index (χ3n) is 8.98. The minimum absolute atomic E-state index is 0.00841. The van der Waals surface area contributed by atoms with E-state index in [4.69, 9.17) is 9.72 Å². The molecular weight excluding hydrogens is 478 g/mol. The summed E-state index contributed by atoms with van der Waals surface area (Å²) in [5.41, 5.74) is 3.46. The zero-order valence-electron chi connectivity index (χ0n) is 22.7. The van der Waals surface area contributed by atoms with Crippen molar-refractivity contribution in [3.63, 3.8) is 0 Å². The molecule has 4 aliphatic heterocycles. The van der Waals surface area contributed by atoms with Crippen LogP contribution in [0.1, 0.15) is 77.8 Å². The summed E-state index contributed by atoms with van der Waals surface area (Å²) < 4.78 is 5.77. The van der Waals surface area contributed by atoms with Gasteiger partial charge in [0.05, 0.1) is 12.2 Å². The van der Waals surface area contributed by atoms with Crippen molar-refractivity contribution >= 4 is 17.6 Å². The lowest BCUT2D eigenvalue weighted by atomic mass is 9.96. The predicted molar refractivity (Wildman–Crippen MR) is 147 cm³/mol. The van der Waals surface area contributed by atoms with E-state index in [0.29, 0.717) is 35.9 Å². The first-order valence-electron chi connectivity index (χ1n) is 14.2. The van der Waals surface area contributed by atoms with E-state index in [0.717, 1.165) is 68.7 Å². The smallest absolute Gasteiger partial charge is 0.253 e. The highest BCUT2D eigenvalue weighted by atomic mass is 16.5. The molecule has 2 aromatic rings. The monoisotopic (exact) mass is 517 g/mol. The zero-order valence-corrected chi connectivity index (χ0v) is 22.7. The van der Waals surface area contributed by atoms with E-state index >= 15 is 0 Å². The summed E-state index contributed by atoms with van der Waals surface area (Å²) in [7, 11) is 0. The molecule has 3 atom stereocenters. The van der Waals surface area contributed by atoms with Gasteiger partial charge in [0.25, 0.3) is 11.8 Å². The first kappa shape index (κ1) is 25.2. The highest BCUT2D eigenvalue weighted by molar-refractivity contribution is 5.97. The van der Waals surface area contributed by atoms with Crippen molar-refractivity contribution in [3.05, 3.63) is 52.7 Å². The number of ether oxygens (including phenoxy) is 1. The Balaban J connectivity index is 1.06. The zero-order chi connectivity index (χ0) is 26.4. The largest absolute Gasteiger partial charge is 0.493 e. The van der Waals surface area contributed by atoms with Gasteiger partial charge in [-0.2, -0.15) is 0 Å². The number of rotatable bonds is 6. The Bertz CT molecular complexity index is 1200. The number of hydrogen-bond acceptors (Lipinski definition) is 6. The average molecular weight is 518 g/mol. The number of likely N-dealkylation sites (tertiary alicyclic amines) is 1. The van der Waals surface area contributed by atoms with E-state index in [9.17, 15) is 9.59 Å². The second-order valence-electron chi connectivity index (χ2n) is 11.7. The molecule has 2 amide bonds. The maximum absolute atomic E-state index is 13.2. The van der Waals surface area contributed by atoms with Crippen LogP contribution in [0.3, 0.4) is 0 Å². The van der Waals surface area contributed by atoms with Crippen LogP contribution in [0, 0.1) is 6.92 Å². The average Bonchev–Trinajstić information content (AvgIpc) is 3.63. The van der Waals surface area contributed by atoms with Crippen LogP contribution in [0.25, 0.3) is 0 Å². The van der Waals surface area contributed by atoms with Gasteiger partial charge >= 0.3 is 0 Å². The fraction of sp³-hybridized carbons (Fsp3) is 0.567. The summed E-state index contributed by atoms with van der Waals surface area (Å²) >= 11 is 0. The lowest BCUT2D eigenvalue weighted by Crippen LogP contribution is -2.50. The number of nitrogens with zero attached hydrogens (tertiary/aromatic N) is 3. The molecular formula is C30H39N5O3. The second-order valence-corrected chi connectivity index (χ2v) is 11.7. The number of carbonyl (C=O) groups is 2. The van der Waals surface area contributed by atoms with Gasteiger partial charge < -0.3 is 20.3 Å². The SMILES string of the molecule is Cc1c(C(=O)NC2CC3CCC(C2)N3c2ccc(C(=O)N[C@@H]3CCN(C(C)C)C3)cn2)ccc2c1OCC2. The Morgan fingerprint density at radius 2 is 1.76 bits per heavy atom. The van der Waals surface area contributed by atoms with Crippen LogP contribution in [-0.2, 0) is 6.42 Å². The van der Waals surface area contributed by atoms with Crippen LogP contribution in [0.2, 0.25) is 0 Å². The van der Waals surface area contributed by atoms with Gasteiger partial charge in [-0.25, -0.2) is 4.98 Å². The maximum atomic E-state index is 13.2. The summed E-state index contributed by atoms with van der Waals surface area (Å²) in [4.78, 5) is 35.5. The molecule has 1 aromatic carbocycles. The lowest BCUT2D eigenvalue weighted by Gasteiger charge is -2.40. The quantitative estimate of drug-likeness (QED) is 0.610. The number of anilines is 1. The normalized spacial score (nSPS) is 26.4. The highest BCUT2D eigenvalue weighted by Crippen LogP contribution is 2.39. The number of carbonyl (C=O) groups excluding carboxylic acids is 2.